The zero-order valence-electron chi connectivity index (χ0n) is 11.5. The fourth-order valence-corrected chi connectivity index (χ4v) is 3.04. The van der Waals surface area contributed by atoms with Gasteiger partial charge in [-0.1, -0.05) is 36.0 Å². The van der Waals surface area contributed by atoms with E-state index in [9.17, 15) is 4.39 Å². The lowest BCUT2D eigenvalue weighted by atomic mass is 10.0. The molecule has 0 radical (unpaired) electrons. The van der Waals surface area contributed by atoms with E-state index in [1.54, 1.807) is 12.1 Å². The van der Waals surface area contributed by atoms with Gasteiger partial charge in [-0.25, -0.2) is 4.39 Å². The maximum absolute atomic E-state index is 14.2. The Morgan fingerprint density at radius 2 is 2.20 bits per heavy atom. The molecule has 1 aromatic carbocycles. The molecule has 1 aromatic heterocycles. The summed E-state index contributed by atoms with van der Waals surface area (Å²) in [5.74, 6) is -0.304. The van der Waals surface area contributed by atoms with Crippen LogP contribution in [0.3, 0.4) is 0 Å². The number of nitrogens with zero attached hydrogens (tertiary/aromatic N) is 2. The molecule has 0 amide bonds. The monoisotopic (exact) mass is 313 g/mol. The molecular formula is C14H17ClFN3S. The van der Waals surface area contributed by atoms with E-state index in [-0.39, 0.29) is 11.9 Å². The van der Waals surface area contributed by atoms with E-state index in [1.165, 1.54) is 17.6 Å². The number of benzene rings is 1. The van der Waals surface area contributed by atoms with Crippen LogP contribution in [0.2, 0.25) is 5.02 Å². The standard InChI is InChI=1S/C14H17ClFN3S/c1-3-7-17-13(14-12(4-2)18-19-20-14)10-6-5-9(15)8-11(10)16/h5-6,8,13,17H,3-4,7H2,1-2H3. The largest absolute Gasteiger partial charge is 0.305 e. The molecule has 0 spiro atoms. The second kappa shape index (κ2) is 7.11. The summed E-state index contributed by atoms with van der Waals surface area (Å²) in [5.41, 5.74) is 1.50. The maximum atomic E-state index is 14.2. The molecule has 108 valence electrons. The second-order valence-electron chi connectivity index (χ2n) is 4.49. The van der Waals surface area contributed by atoms with Gasteiger partial charge in [0, 0.05) is 10.6 Å². The third kappa shape index (κ3) is 3.34. The molecule has 1 heterocycles. The molecule has 1 unspecified atom stereocenters. The molecule has 1 N–H and O–H groups in total. The highest BCUT2D eigenvalue weighted by atomic mass is 35.5. The van der Waals surface area contributed by atoms with Crippen LogP contribution in [0.5, 0.6) is 0 Å². The highest BCUT2D eigenvalue weighted by Crippen LogP contribution is 2.30. The van der Waals surface area contributed by atoms with Gasteiger partial charge in [0.25, 0.3) is 0 Å². The predicted molar refractivity (Wildman–Crippen MR) is 80.8 cm³/mol. The molecular weight excluding hydrogens is 297 g/mol. The quantitative estimate of drug-likeness (QED) is 0.876. The zero-order chi connectivity index (χ0) is 14.5. The average Bonchev–Trinajstić information content (AvgIpc) is 2.89. The van der Waals surface area contributed by atoms with Gasteiger partial charge in [-0.05, 0) is 43.1 Å². The van der Waals surface area contributed by atoms with Gasteiger partial charge in [-0.15, -0.1) is 5.10 Å². The van der Waals surface area contributed by atoms with Crippen molar-refractivity contribution in [3.63, 3.8) is 0 Å². The molecule has 0 aliphatic carbocycles. The number of aryl methyl sites for hydroxylation is 1. The van der Waals surface area contributed by atoms with E-state index in [4.69, 9.17) is 11.6 Å². The molecule has 1 atom stereocenters. The summed E-state index contributed by atoms with van der Waals surface area (Å²) in [6.07, 6.45) is 1.75. The zero-order valence-corrected chi connectivity index (χ0v) is 13.1. The van der Waals surface area contributed by atoms with Gasteiger partial charge < -0.3 is 5.32 Å². The van der Waals surface area contributed by atoms with Crippen LogP contribution in [0.25, 0.3) is 0 Å². The van der Waals surface area contributed by atoms with Crippen molar-refractivity contribution in [1.82, 2.24) is 14.9 Å². The van der Waals surface area contributed by atoms with Gasteiger partial charge in [-0.3, -0.25) is 0 Å². The Kier molecular flexibility index (Phi) is 5.46. The number of nitrogens with one attached hydrogen (secondary N) is 1. The van der Waals surface area contributed by atoms with Crippen LogP contribution in [0.1, 0.15) is 42.4 Å². The highest BCUT2D eigenvalue weighted by molar-refractivity contribution is 7.05. The lowest BCUT2D eigenvalue weighted by Gasteiger charge is -2.19. The Hall–Kier alpha value is -1.04. The van der Waals surface area contributed by atoms with E-state index >= 15 is 0 Å². The molecule has 6 heteroatoms. The first-order valence-corrected chi connectivity index (χ1v) is 7.82. The lowest BCUT2D eigenvalue weighted by molar-refractivity contribution is 0.548. The molecule has 20 heavy (non-hydrogen) atoms. The van der Waals surface area contributed by atoms with Crippen LogP contribution in [-0.4, -0.2) is 16.1 Å². The molecule has 0 fully saturated rings. The SMILES string of the molecule is CCCNC(c1ccc(Cl)cc1F)c1snnc1CC. The third-order valence-corrected chi connectivity index (χ3v) is 4.12. The summed E-state index contributed by atoms with van der Waals surface area (Å²) >= 11 is 7.14. The summed E-state index contributed by atoms with van der Waals surface area (Å²) in [7, 11) is 0. The lowest BCUT2D eigenvalue weighted by Crippen LogP contribution is -2.24. The van der Waals surface area contributed by atoms with Crippen molar-refractivity contribution >= 4 is 23.1 Å². The molecule has 2 rings (SSSR count). The average molecular weight is 314 g/mol. The number of hydrogen-bond acceptors (Lipinski definition) is 4. The van der Waals surface area contributed by atoms with E-state index in [0.717, 1.165) is 30.0 Å². The van der Waals surface area contributed by atoms with E-state index in [1.807, 2.05) is 6.92 Å². The van der Waals surface area contributed by atoms with E-state index < -0.39 is 0 Å². The van der Waals surface area contributed by atoms with Gasteiger partial charge in [0.15, 0.2) is 0 Å². The smallest absolute Gasteiger partial charge is 0.129 e. The Morgan fingerprint density at radius 1 is 1.40 bits per heavy atom. The van der Waals surface area contributed by atoms with Crippen molar-refractivity contribution in [3.05, 3.63) is 45.2 Å². The van der Waals surface area contributed by atoms with Crippen LogP contribution >= 0.6 is 23.1 Å². The minimum Gasteiger partial charge on any atom is -0.305 e. The van der Waals surface area contributed by atoms with Gasteiger partial charge >= 0.3 is 0 Å². The van der Waals surface area contributed by atoms with Gasteiger partial charge in [-0.2, -0.15) is 0 Å². The second-order valence-corrected chi connectivity index (χ2v) is 5.71. The Morgan fingerprint density at radius 3 is 2.85 bits per heavy atom. The van der Waals surface area contributed by atoms with Crippen molar-refractivity contribution in [3.8, 4) is 0 Å². The molecule has 3 nitrogen and oxygen atoms in total. The summed E-state index contributed by atoms with van der Waals surface area (Å²) < 4.78 is 18.2. The Bertz CT molecular complexity index is 573. The number of hydrogen-bond donors (Lipinski definition) is 1. The molecule has 0 saturated carbocycles. The van der Waals surface area contributed by atoms with Crippen molar-refractivity contribution in [2.45, 2.75) is 32.7 Å². The van der Waals surface area contributed by atoms with E-state index in [2.05, 4.69) is 21.8 Å². The van der Waals surface area contributed by atoms with Crippen molar-refractivity contribution in [1.29, 1.82) is 0 Å². The Labute approximate surface area is 127 Å². The summed E-state index contributed by atoms with van der Waals surface area (Å²) in [4.78, 5) is 0.974. The van der Waals surface area contributed by atoms with Gasteiger partial charge in [0.2, 0.25) is 0 Å². The summed E-state index contributed by atoms with van der Waals surface area (Å²) in [5, 5.41) is 7.89. The van der Waals surface area contributed by atoms with Crippen LogP contribution in [-0.2, 0) is 6.42 Å². The third-order valence-electron chi connectivity index (χ3n) is 3.05. The topological polar surface area (TPSA) is 37.8 Å². The summed E-state index contributed by atoms with van der Waals surface area (Å²) in [6.45, 7) is 4.90. The van der Waals surface area contributed by atoms with Crippen molar-refractivity contribution in [2.24, 2.45) is 0 Å². The van der Waals surface area contributed by atoms with Crippen molar-refractivity contribution < 1.29 is 4.39 Å². The summed E-state index contributed by atoms with van der Waals surface area (Å²) in [6, 6.07) is 4.56. The fourth-order valence-electron chi connectivity index (χ4n) is 2.05. The van der Waals surface area contributed by atoms with Crippen LogP contribution < -0.4 is 5.32 Å². The Balaban J connectivity index is 2.41. The fraction of sp³-hybridized carbons (Fsp3) is 0.429. The van der Waals surface area contributed by atoms with Gasteiger partial charge in [0.1, 0.15) is 5.82 Å². The maximum Gasteiger partial charge on any atom is 0.129 e. The van der Waals surface area contributed by atoms with Crippen LogP contribution in [0.15, 0.2) is 18.2 Å². The predicted octanol–water partition coefficient (Wildman–Crippen LogP) is 3.98. The molecule has 0 bridgehead atoms. The van der Waals surface area contributed by atoms with E-state index in [0.29, 0.717) is 10.6 Å². The minimum atomic E-state index is -0.304. The van der Waals surface area contributed by atoms with Gasteiger partial charge in [0.05, 0.1) is 16.6 Å². The number of rotatable bonds is 6. The van der Waals surface area contributed by atoms with Crippen LogP contribution in [0, 0.1) is 5.82 Å². The first-order chi connectivity index (χ1) is 9.67. The molecule has 0 saturated heterocycles. The molecule has 0 aliphatic heterocycles. The minimum absolute atomic E-state index is 0.220. The number of aromatic nitrogens is 2. The first-order valence-electron chi connectivity index (χ1n) is 6.66. The van der Waals surface area contributed by atoms with Crippen LogP contribution in [0.4, 0.5) is 4.39 Å². The molecule has 0 aliphatic rings. The van der Waals surface area contributed by atoms with Crippen molar-refractivity contribution in [2.75, 3.05) is 6.54 Å². The number of halogens is 2. The first kappa shape index (κ1) is 15.4. The highest BCUT2D eigenvalue weighted by Gasteiger charge is 2.22. The molecule has 2 aromatic rings. The normalized spacial score (nSPS) is 12.6.